The summed E-state index contributed by atoms with van der Waals surface area (Å²) in [5.41, 5.74) is 0.755. The van der Waals surface area contributed by atoms with Crippen molar-refractivity contribution >= 4 is 29.2 Å². The number of morpholine rings is 1. The molecule has 22 heavy (non-hydrogen) atoms. The molecule has 3 heterocycles. The minimum Gasteiger partial charge on any atom is -0.378 e. The van der Waals surface area contributed by atoms with Gasteiger partial charge in [-0.05, 0) is 12.1 Å². The molecule has 6 nitrogen and oxygen atoms in total. The monoisotopic (exact) mass is 322 g/mol. The minimum absolute atomic E-state index is 0.0425. The molecule has 1 unspecified atom stereocenters. The third-order valence-corrected chi connectivity index (χ3v) is 4.93. The number of amides is 1. The number of hydrogen-bond donors (Lipinski definition) is 2. The first kappa shape index (κ1) is 15.6. The SMILES string of the molecule is O=C(CC1CSCCN1)Nc1ccc(N2CCOCC2)nc1. The average molecular weight is 322 g/mol. The second-order valence-electron chi connectivity index (χ2n) is 5.48. The Morgan fingerprint density at radius 1 is 1.45 bits per heavy atom. The zero-order valence-electron chi connectivity index (χ0n) is 12.6. The first-order valence-electron chi connectivity index (χ1n) is 7.71. The molecule has 2 aliphatic heterocycles. The van der Waals surface area contributed by atoms with Crippen LogP contribution in [0.5, 0.6) is 0 Å². The molecule has 2 saturated heterocycles. The topological polar surface area (TPSA) is 66.5 Å². The summed E-state index contributed by atoms with van der Waals surface area (Å²) >= 11 is 1.90. The van der Waals surface area contributed by atoms with Gasteiger partial charge in [-0.15, -0.1) is 0 Å². The van der Waals surface area contributed by atoms with E-state index < -0.39 is 0 Å². The molecule has 2 fully saturated rings. The third-order valence-electron chi connectivity index (χ3n) is 3.80. The number of nitrogens with zero attached hydrogens (tertiary/aromatic N) is 2. The maximum atomic E-state index is 12.1. The van der Waals surface area contributed by atoms with Crippen LogP contribution in [0, 0.1) is 0 Å². The van der Waals surface area contributed by atoms with Gasteiger partial charge in [-0.3, -0.25) is 4.79 Å². The molecule has 1 atom stereocenters. The van der Waals surface area contributed by atoms with Gasteiger partial charge in [0, 0.05) is 43.6 Å². The molecular formula is C15H22N4O2S. The Kier molecular flexibility index (Phi) is 5.53. The Morgan fingerprint density at radius 2 is 2.32 bits per heavy atom. The summed E-state index contributed by atoms with van der Waals surface area (Å²) in [7, 11) is 0. The molecule has 1 aromatic rings. The van der Waals surface area contributed by atoms with Crippen molar-refractivity contribution in [2.24, 2.45) is 0 Å². The second kappa shape index (κ2) is 7.80. The zero-order valence-corrected chi connectivity index (χ0v) is 13.4. The fourth-order valence-electron chi connectivity index (χ4n) is 2.63. The highest BCUT2D eigenvalue weighted by Crippen LogP contribution is 2.16. The number of rotatable bonds is 4. The average Bonchev–Trinajstić information content (AvgIpc) is 2.57. The molecule has 2 aliphatic rings. The lowest BCUT2D eigenvalue weighted by Gasteiger charge is -2.27. The van der Waals surface area contributed by atoms with Crippen molar-refractivity contribution in [3.05, 3.63) is 18.3 Å². The van der Waals surface area contributed by atoms with Gasteiger partial charge < -0.3 is 20.3 Å². The zero-order chi connectivity index (χ0) is 15.2. The molecule has 0 saturated carbocycles. The van der Waals surface area contributed by atoms with Crippen LogP contribution in [0.15, 0.2) is 18.3 Å². The van der Waals surface area contributed by atoms with Crippen LogP contribution < -0.4 is 15.5 Å². The summed E-state index contributed by atoms with van der Waals surface area (Å²) in [6.45, 7) is 4.20. The molecule has 1 amide bonds. The summed E-state index contributed by atoms with van der Waals surface area (Å²) in [6, 6.07) is 4.15. The van der Waals surface area contributed by atoms with Crippen LogP contribution in [0.3, 0.4) is 0 Å². The molecule has 0 aromatic carbocycles. The lowest BCUT2D eigenvalue weighted by molar-refractivity contribution is -0.116. The van der Waals surface area contributed by atoms with E-state index in [0.29, 0.717) is 6.42 Å². The van der Waals surface area contributed by atoms with Gasteiger partial charge in [-0.1, -0.05) is 0 Å². The van der Waals surface area contributed by atoms with Gasteiger partial charge in [0.15, 0.2) is 0 Å². The first-order valence-corrected chi connectivity index (χ1v) is 8.86. The molecular weight excluding hydrogens is 300 g/mol. The second-order valence-corrected chi connectivity index (χ2v) is 6.63. The van der Waals surface area contributed by atoms with E-state index in [9.17, 15) is 4.79 Å². The van der Waals surface area contributed by atoms with Crippen LogP contribution >= 0.6 is 11.8 Å². The van der Waals surface area contributed by atoms with Crippen LogP contribution in [0.4, 0.5) is 11.5 Å². The fourth-order valence-corrected chi connectivity index (χ4v) is 3.58. The maximum Gasteiger partial charge on any atom is 0.226 e. The number of carbonyl (C=O) groups excluding carboxylic acids is 1. The normalized spacial score (nSPS) is 22.4. The molecule has 3 rings (SSSR count). The van der Waals surface area contributed by atoms with Gasteiger partial charge in [0.1, 0.15) is 5.82 Å². The Balaban J connectivity index is 1.50. The highest BCUT2D eigenvalue weighted by molar-refractivity contribution is 7.99. The summed E-state index contributed by atoms with van der Waals surface area (Å²) < 4.78 is 5.34. The summed E-state index contributed by atoms with van der Waals surface area (Å²) in [6.07, 6.45) is 2.24. The lowest BCUT2D eigenvalue weighted by Crippen LogP contribution is -2.39. The Labute approximate surface area is 135 Å². The van der Waals surface area contributed by atoms with Crippen LogP contribution in [0.2, 0.25) is 0 Å². The number of aromatic nitrogens is 1. The molecule has 2 N–H and O–H groups in total. The van der Waals surface area contributed by atoms with Crippen LogP contribution in [0.1, 0.15) is 6.42 Å². The van der Waals surface area contributed by atoms with Gasteiger partial charge in [-0.2, -0.15) is 11.8 Å². The summed E-state index contributed by atoms with van der Waals surface area (Å²) in [5, 5.41) is 6.30. The summed E-state index contributed by atoms with van der Waals surface area (Å²) in [5.74, 6) is 3.11. The van der Waals surface area contributed by atoms with E-state index >= 15 is 0 Å². The Hall–Kier alpha value is -1.31. The largest absolute Gasteiger partial charge is 0.378 e. The molecule has 120 valence electrons. The minimum atomic E-state index is 0.0425. The molecule has 0 bridgehead atoms. The number of pyridine rings is 1. The smallest absolute Gasteiger partial charge is 0.226 e. The van der Waals surface area contributed by atoms with Gasteiger partial charge in [0.2, 0.25) is 5.91 Å². The molecule has 0 spiro atoms. The van der Waals surface area contributed by atoms with Crippen LogP contribution in [-0.4, -0.2) is 61.3 Å². The third kappa shape index (κ3) is 4.34. The van der Waals surface area contributed by atoms with Gasteiger partial charge >= 0.3 is 0 Å². The van der Waals surface area contributed by atoms with E-state index in [0.717, 1.165) is 55.9 Å². The van der Waals surface area contributed by atoms with E-state index in [-0.39, 0.29) is 11.9 Å². The number of hydrogen-bond acceptors (Lipinski definition) is 6. The highest BCUT2D eigenvalue weighted by atomic mass is 32.2. The number of thioether (sulfide) groups is 1. The molecule has 7 heteroatoms. The molecule has 0 aliphatic carbocycles. The van der Waals surface area contributed by atoms with Gasteiger partial charge in [0.05, 0.1) is 25.1 Å². The fraction of sp³-hybridized carbons (Fsp3) is 0.600. The van der Waals surface area contributed by atoms with E-state index in [1.54, 1.807) is 6.20 Å². The molecule has 0 radical (unpaired) electrons. The maximum absolute atomic E-state index is 12.1. The number of ether oxygens (including phenoxy) is 1. The first-order chi connectivity index (χ1) is 10.8. The van der Waals surface area contributed by atoms with Gasteiger partial charge in [0.25, 0.3) is 0 Å². The van der Waals surface area contributed by atoms with Crippen molar-refractivity contribution in [2.45, 2.75) is 12.5 Å². The van der Waals surface area contributed by atoms with Crippen molar-refractivity contribution in [1.82, 2.24) is 10.3 Å². The Bertz CT molecular complexity index is 485. The lowest BCUT2D eigenvalue weighted by atomic mass is 10.2. The van der Waals surface area contributed by atoms with E-state index in [2.05, 4.69) is 20.5 Å². The highest BCUT2D eigenvalue weighted by Gasteiger charge is 2.17. The van der Waals surface area contributed by atoms with Gasteiger partial charge in [-0.25, -0.2) is 4.98 Å². The van der Waals surface area contributed by atoms with E-state index in [4.69, 9.17) is 4.74 Å². The number of anilines is 2. The Morgan fingerprint density at radius 3 is 3.00 bits per heavy atom. The standard InChI is InChI=1S/C15H22N4O2S/c20-15(9-13-11-22-8-3-16-13)18-12-1-2-14(17-10-12)19-4-6-21-7-5-19/h1-2,10,13,16H,3-9,11H2,(H,18,20). The van der Waals surface area contributed by atoms with E-state index in [1.807, 2.05) is 23.9 Å². The number of nitrogens with one attached hydrogen (secondary N) is 2. The van der Waals surface area contributed by atoms with E-state index in [1.165, 1.54) is 0 Å². The predicted molar refractivity (Wildman–Crippen MR) is 89.6 cm³/mol. The van der Waals surface area contributed by atoms with Crippen molar-refractivity contribution in [3.63, 3.8) is 0 Å². The van der Waals surface area contributed by atoms with Crippen LogP contribution in [0.25, 0.3) is 0 Å². The predicted octanol–water partition coefficient (Wildman–Crippen LogP) is 0.952. The van der Waals surface area contributed by atoms with Crippen LogP contribution in [-0.2, 0) is 9.53 Å². The van der Waals surface area contributed by atoms with Crippen molar-refractivity contribution < 1.29 is 9.53 Å². The van der Waals surface area contributed by atoms with Crippen molar-refractivity contribution in [2.75, 3.05) is 54.6 Å². The quantitative estimate of drug-likeness (QED) is 0.860. The number of carbonyl (C=O) groups is 1. The molecule has 1 aromatic heterocycles. The van der Waals surface area contributed by atoms with Crippen molar-refractivity contribution in [1.29, 1.82) is 0 Å². The van der Waals surface area contributed by atoms with Crippen molar-refractivity contribution in [3.8, 4) is 0 Å². The summed E-state index contributed by atoms with van der Waals surface area (Å²) in [4.78, 5) is 18.7.